The monoisotopic (exact) mass is 234 g/mol. The number of pyridine rings is 1. The standard InChI is InChI=1S/C13H18N2O2/c1-2-13(6-4-7-13)9-15-10-5-3-8-14-11(10)12(16)17/h3,5,8,15H,2,4,6-7,9H2,1H3,(H,16,17). The van der Waals surface area contributed by atoms with Gasteiger partial charge in [-0.1, -0.05) is 13.3 Å². The number of hydrogen-bond acceptors (Lipinski definition) is 3. The Balaban J connectivity index is 2.06. The molecule has 0 bridgehead atoms. The first-order chi connectivity index (χ1) is 8.17. The fourth-order valence-corrected chi connectivity index (χ4v) is 2.33. The van der Waals surface area contributed by atoms with Crippen molar-refractivity contribution in [1.82, 2.24) is 4.98 Å². The van der Waals surface area contributed by atoms with E-state index in [2.05, 4.69) is 17.2 Å². The molecular formula is C13H18N2O2. The van der Waals surface area contributed by atoms with E-state index in [0.29, 0.717) is 11.1 Å². The van der Waals surface area contributed by atoms with E-state index >= 15 is 0 Å². The van der Waals surface area contributed by atoms with Gasteiger partial charge in [0.15, 0.2) is 5.69 Å². The van der Waals surface area contributed by atoms with Crippen molar-refractivity contribution in [3.8, 4) is 0 Å². The number of nitrogens with zero attached hydrogens (tertiary/aromatic N) is 1. The fourth-order valence-electron chi connectivity index (χ4n) is 2.33. The molecule has 1 saturated carbocycles. The average molecular weight is 234 g/mol. The van der Waals surface area contributed by atoms with Crippen LogP contribution in [0.1, 0.15) is 43.1 Å². The number of hydrogen-bond donors (Lipinski definition) is 2. The van der Waals surface area contributed by atoms with Gasteiger partial charge in [-0.2, -0.15) is 0 Å². The highest BCUT2D eigenvalue weighted by Crippen LogP contribution is 2.43. The third-order valence-electron chi connectivity index (χ3n) is 3.83. The molecule has 0 amide bonds. The number of nitrogens with one attached hydrogen (secondary N) is 1. The lowest BCUT2D eigenvalue weighted by molar-refractivity contribution is 0.0691. The number of aromatic carboxylic acids is 1. The maximum Gasteiger partial charge on any atom is 0.356 e. The Hall–Kier alpha value is -1.58. The van der Waals surface area contributed by atoms with E-state index in [-0.39, 0.29) is 5.69 Å². The second-order valence-corrected chi connectivity index (χ2v) is 4.77. The minimum atomic E-state index is -0.979. The van der Waals surface area contributed by atoms with E-state index in [1.165, 1.54) is 25.5 Å². The first-order valence-electron chi connectivity index (χ1n) is 6.09. The highest BCUT2D eigenvalue weighted by Gasteiger charge is 2.34. The Kier molecular flexibility index (Phi) is 3.31. The lowest BCUT2D eigenvalue weighted by Gasteiger charge is -2.41. The molecule has 1 aliphatic carbocycles. The van der Waals surface area contributed by atoms with E-state index in [1.54, 1.807) is 12.1 Å². The minimum Gasteiger partial charge on any atom is -0.476 e. The summed E-state index contributed by atoms with van der Waals surface area (Å²) in [6, 6.07) is 3.53. The summed E-state index contributed by atoms with van der Waals surface area (Å²) in [5.74, 6) is -0.979. The van der Waals surface area contributed by atoms with Crippen LogP contribution in [0.25, 0.3) is 0 Å². The molecule has 0 saturated heterocycles. The maximum absolute atomic E-state index is 11.0. The number of anilines is 1. The molecule has 0 unspecified atom stereocenters. The molecule has 92 valence electrons. The molecule has 17 heavy (non-hydrogen) atoms. The van der Waals surface area contributed by atoms with Gasteiger partial charge in [0.05, 0.1) is 5.69 Å². The van der Waals surface area contributed by atoms with E-state index in [0.717, 1.165) is 13.0 Å². The van der Waals surface area contributed by atoms with Crippen molar-refractivity contribution in [3.63, 3.8) is 0 Å². The first-order valence-corrected chi connectivity index (χ1v) is 6.09. The Morgan fingerprint density at radius 1 is 1.59 bits per heavy atom. The van der Waals surface area contributed by atoms with Crippen molar-refractivity contribution in [2.24, 2.45) is 5.41 Å². The molecule has 1 heterocycles. The quantitative estimate of drug-likeness (QED) is 0.822. The molecule has 1 aromatic heterocycles. The lowest BCUT2D eigenvalue weighted by Crippen LogP contribution is -2.36. The Bertz CT molecular complexity index is 408. The summed E-state index contributed by atoms with van der Waals surface area (Å²) in [7, 11) is 0. The zero-order valence-corrected chi connectivity index (χ0v) is 10.1. The number of aromatic nitrogens is 1. The van der Waals surface area contributed by atoms with Crippen LogP contribution < -0.4 is 5.32 Å². The van der Waals surface area contributed by atoms with Crippen LogP contribution in [0.4, 0.5) is 5.69 Å². The van der Waals surface area contributed by atoms with Crippen LogP contribution in [0, 0.1) is 5.41 Å². The molecule has 4 nitrogen and oxygen atoms in total. The Labute approximate surface area is 101 Å². The van der Waals surface area contributed by atoms with Crippen LogP contribution in [0.2, 0.25) is 0 Å². The van der Waals surface area contributed by atoms with Crippen LogP contribution in [-0.2, 0) is 0 Å². The number of rotatable bonds is 5. The highest BCUT2D eigenvalue weighted by atomic mass is 16.4. The molecule has 0 radical (unpaired) electrons. The summed E-state index contributed by atoms with van der Waals surface area (Å²) in [5.41, 5.74) is 1.10. The second-order valence-electron chi connectivity index (χ2n) is 4.77. The summed E-state index contributed by atoms with van der Waals surface area (Å²) >= 11 is 0. The lowest BCUT2D eigenvalue weighted by atomic mass is 9.67. The third-order valence-corrected chi connectivity index (χ3v) is 3.83. The smallest absolute Gasteiger partial charge is 0.356 e. The molecule has 1 aliphatic rings. The van der Waals surface area contributed by atoms with E-state index < -0.39 is 5.97 Å². The van der Waals surface area contributed by atoms with E-state index in [4.69, 9.17) is 5.11 Å². The van der Waals surface area contributed by atoms with Crippen molar-refractivity contribution in [1.29, 1.82) is 0 Å². The van der Waals surface area contributed by atoms with Gasteiger partial charge in [0.25, 0.3) is 0 Å². The summed E-state index contributed by atoms with van der Waals surface area (Å²) in [6.45, 7) is 3.04. The fraction of sp³-hybridized carbons (Fsp3) is 0.538. The van der Waals surface area contributed by atoms with Crippen LogP contribution in [0.3, 0.4) is 0 Å². The molecule has 0 atom stereocenters. The average Bonchev–Trinajstić information content (AvgIpc) is 2.28. The van der Waals surface area contributed by atoms with E-state index in [1.807, 2.05) is 0 Å². The van der Waals surface area contributed by atoms with Gasteiger partial charge >= 0.3 is 5.97 Å². The van der Waals surface area contributed by atoms with Gasteiger partial charge in [-0.05, 0) is 36.8 Å². The van der Waals surface area contributed by atoms with Crippen LogP contribution in [0.5, 0.6) is 0 Å². The highest BCUT2D eigenvalue weighted by molar-refractivity contribution is 5.91. The van der Waals surface area contributed by atoms with Gasteiger partial charge in [0.1, 0.15) is 0 Å². The summed E-state index contributed by atoms with van der Waals surface area (Å²) in [4.78, 5) is 14.9. The second kappa shape index (κ2) is 4.73. The van der Waals surface area contributed by atoms with Crippen molar-refractivity contribution < 1.29 is 9.90 Å². The predicted molar refractivity (Wildman–Crippen MR) is 66.3 cm³/mol. The van der Waals surface area contributed by atoms with Crippen molar-refractivity contribution >= 4 is 11.7 Å². The normalized spacial score (nSPS) is 17.2. The SMILES string of the molecule is CCC1(CNc2cccnc2C(=O)O)CCC1. The summed E-state index contributed by atoms with van der Waals surface area (Å²) < 4.78 is 0. The largest absolute Gasteiger partial charge is 0.476 e. The zero-order valence-electron chi connectivity index (χ0n) is 10.1. The Morgan fingerprint density at radius 2 is 2.35 bits per heavy atom. The van der Waals surface area contributed by atoms with Crippen LogP contribution >= 0.6 is 0 Å². The molecular weight excluding hydrogens is 216 g/mol. The summed E-state index contributed by atoms with van der Waals surface area (Å²) in [5, 5.41) is 12.3. The van der Waals surface area contributed by atoms with Gasteiger partial charge in [-0.3, -0.25) is 0 Å². The number of carboxylic acid groups (broad SMARTS) is 1. The van der Waals surface area contributed by atoms with Crippen molar-refractivity contribution in [2.75, 3.05) is 11.9 Å². The minimum absolute atomic E-state index is 0.109. The van der Waals surface area contributed by atoms with Gasteiger partial charge in [0, 0.05) is 12.7 Å². The van der Waals surface area contributed by atoms with Crippen molar-refractivity contribution in [3.05, 3.63) is 24.0 Å². The molecule has 0 spiro atoms. The maximum atomic E-state index is 11.0. The molecule has 2 N–H and O–H groups in total. The van der Waals surface area contributed by atoms with Gasteiger partial charge in [-0.25, -0.2) is 9.78 Å². The predicted octanol–water partition coefficient (Wildman–Crippen LogP) is 2.77. The molecule has 1 aromatic rings. The number of carboxylic acids is 1. The van der Waals surface area contributed by atoms with Crippen molar-refractivity contribution in [2.45, 2.75) is 32.6 Å². The molecule has 0 aliphatic heterocycles. The topological polar surface area (TPSA) is 62.2 Å². The Morgan fingerprint density at radius 3 is 2.88 bits per heavy atom. The number of carbonyl (C=O) groups is 1. The van der Waals surface area contributed by atoms with Gasteiger partial charge in [-0.15, -0.1) is 0 Å². The van der Waals surface area contributed by atoms with Crippen LogP contribution in [0.15, 0.2) is 18.3 Å². The zero-order chi connectivity index (χ0) is 12.3. The van der Waals surface area contributed by atoms with E-state index in [9.17, 15) is 4.79 Å². The van der Waals surface area contributed by atoms with Gasteiger partial charge < -0.3 is 10.4 Å². The molecule has 4 heteroatoms. The third kappa shape index (κ3) is 2.40. The molecule has 0 aromatic carbocycles. The van der Waals surface area contributed by atoms with Crippen LogP contribution in [-0.4, -0.2) is 22.6 Å². The molecule has 2 rings (SSSR count). The molecule has 1 fully saturated rings. The first kappa shape index (κ1) is 11.9. The summed E-state index contributed by atoms with van der Waals surface area (Å²) in [6.07, 6.45) is 6.41. The van der Waals surface area contributed by atoms with Gasteiger partial charge in [0.2, 0.25) is 0 Å².